The average Bonchev–Trinajstić information content (AvgIpc) is 2.95. The molecule has 0 spiro atoms. The molecule has 0 radical (unpaired) electrons. The molecule has 22 heavy (non-hydrogen) atoms. The molecule has 2 aromatic carbocycles. The summed E-state index contributed by atoms with van der Waals surface area (Å²) in [6, 6.07) is 13.9. The number of hydrogen-bond donors (Lipinski definition) is 2. The minimum atomic E-state index is -0.490. The first kappa shape index (κ1) is 14.1. The molecular weight excluding hydrogens is 283 g/mol. The van der Waals surface area contributed by atoms with Crippen molar-refractivity contribution in [3.63, 3.8) is 0 Å². The molecule has 2 N–H and O–H groups in total. The van der Waals surface area contributed by atoms with E-state index in [0.717, 1.165) is 17.7 Å². The van der Waals surface area contributed by atoms with E-state index in [0.29, 0.717) is 0 Å². The van der Waals surface area contributed by atoms with Gasteiger partial charge in [0.1, 0.15) is 0 Å². The van der Waals surface area contributed by atoms with Gasteiger partial charge in [-0.3, -0.25) is 15.6 Å². The third-order valence-electron chi connectivity index (χ3n) is 3.37. The molecule has 1 amide bonds. The molecule has 5 heteroatoms. The van der Waals surface area contributed by atoms with Crippen LogP contribution in [0.4, 0.5) is 4.39 Å². The van der Waals surface area contributed by atoms with Gasteiger partial charge in [-0.15, -0.1) is 0 Å². The Morgan fingerprint density at radius 3 is 2.77 bits per heavy atom. The summed E-state index contributed by atoms with van der Waals surface area (Å²) in [5, 5.41) is 0. The number of amides is 1. The van der Waals surface area contributed by atoms with Gasteiger partial charge < -0.3 is 4.74 Å². The maximum Gasteiger partial charge on any atom is 0.276 e. The Balaban J connectivity index is 1.51. The van der Waals surface area contributed by atoms with Gasteiger partial charge in [-0.2, -0.15) is 0 Å². The van der Waals surface area contributed by atoms with E-state index in [9.17, 15) is 9.18 Å². The summed E-state index contributed by atoms with van der Waals surface area (Å²) in [5.74, 6) is -0.813. The zero-order valence-electron chi connectivity index (χ0n) is 11.8. The van der Waals surface area contributed by atoms with Gasteiger partial charge in [-0.1, -0.05) is 42.5 Å². The van der Waals surface area contributed by atoms with Gasteiger partial charge in [0.05, 0.1) is 5.70 Å². The van der Waals surface area contributed by atoms with Crippen molar-refractivity contribution in [3.8, 4) is 5.75 Å². The van der Waals surface area contributed by atoms with E-state index in [2.05, 4.69) is 10.9 Å². The molecule has 3 rings (SSSR count). The Kier molecular flexibility index (Phi) is 4.05. The fraction of sp³-hybridized carbons (Fsp3) is 0.118. The first-order valence-electron chi connectivity index (χ1n) is 6.94. The van der Waals surface area contributed by atoms with Crippen LogP contribution in [0, 0.1) is 5.82 Å². The highest BCUT2D eigenvalue weighted by molar-refractivity contribution is 5.79. The number of allylic oxidation sites excluding steroid dienone is 1. The van der Waals surface area contributed by atoms with Gasteiger partial charge in [-0.05, 0) is 24.1 Å². The molecule has 0 fully saturated rings. The highest BCUT2D eigenvalue weighted by Crippen LogP contribution is 2.24. The van der Waals surface area contributed by atoms with E-state index >= 15 is 0 Å². The molecule has 2 aromatic rings. The van der Waals surface area contributed by atoms with E-state index in [1.807, 2.05) is 30.3 Å². The van der Waals surface area contributed by atoms with Crippen molar-refractivity contribution < 1.29 is 13.9 Å². The van der Waals surface area contributed by atoms with Crippen LogP contribution in [-0.4, -0.2) is 12.5 Å². The van der Waals surface area contributed by atoms with Gasteiger partial charge in [0, 0.05) is 5.56 Å². The highest BCUT2D eigenvalue weighted by atomic mass is 19.1. The Bertz CT molecular complexity index is 728. The Morgan fingerprint density at radius 1 is 1.14 bits per heavy atom. The van der Waals surface area contributed by atoms with E-state index < -0.39 is 5.82 Å². The largest absolute Gasteiger partial charge is 0.481 e. The summed E-state index contributed by atoms with van der Waals surface area (Å²) in [6.07, 6.45) is 2.84. The number of para-hydroxylation sites is 1. The van der Waals surface area contributed by atoms with Crippen LogP contribution in [0.5, 0.6) is 5.75 Å². The van der Waals surface area contributed by atoms with Crippen LogP contribution in [0.1, 0.15) is 11.1 Å². The quantitative estimate of drug-likeness (QED) is 0.834. The first-order chi connectivity index (χ1) is 10.7. The fourth-order valence-electron chi connectivity index (χ4n) is 2.28. The third-order valence-corrected chi connectivity index (χ3v) is 3.37. The van der Waals surface area contributed by atoms with Gasteiger partial charge in [0.2, 0.25) is 0 Å². The first-order valence-corrected chi connectivity index (χ1v) is 6.94. The van der Waals surface area contributed by atoms with E-state index in [1.54, 1.807) is 12.1 Å². The number of halogens is 1. The van der Waals surface area contributed by atoms with Crippen molar-refractivity contribution in [1.82, 2.24) is 10.9 Å². The Morgan fingerprint density at radius 2 is 1.91 bits per heavy atom. The van der Waals surface area contributed by atoms with Crippen LogP contribution in [0.25, 0.3) is 5.70 Å². The lowest BCUT2D eigenvalue weighted by atomic mass is 10.1. The molecule has 0 aromatic heterocycles. The molecule has 1 aliphatic carbocycles. The molecule has 4 nitrogen and oxygen atoms in total. The maximum atomic E-state index is 13.4. The standard InChI is InChI=1S/C17H15FN2O2/c18-14-7-3-4-8-16(14)22-11-17(21)20-19-15-10-9-12-5-1-2-6-13(12)15/h1-8,10,19H,9,11H2,(H,20,21). The number of carbonyl (C=O) groups excluding carboxylic acids is 1. The topological polar surface area (TPSA) is 50.4 Å². The van der Waals surface area contributed by atoms with Crippen molar-refractivity contribution in [2.45, 2.75) is 6.42 Å². The number of rotatable bonds is 5. The summed E-state index contributed by atoms with van der Waals surface area (Å²) in [5.41, 5.74) is 8.56. The second-order valence-electron chi connectivity index (χ2n) is 4.87. The molecule has 0 saturated heterocycles. The number of hydrazine groups is 1. The average molecular weight is 298 g/mol. The van der Waals surface area contributed by atoms with E-state index in [1.165, 1.54) is 17.7 Å². The zero-order valence-corrected chi connectivity index (χ0v) is 11.8. The monoisotopic (exact) mass is 298 g/mol. The summed E-state index contributed by atoms with van der Waals surface area (Å²) >= 11 is 0. The smallest absolute Gasteiger partial charge is 0.276 e. The van der Waals surface area contributed by atoms with E-state index in [-0.39, 0.29) is 18.3 Å². The second-order valence-corrected chi connectivity index (χ2v) is 4.87. The van der Waals surface area contributed by atoms with Crippen LogP contribution in [-0.2, 0) is 11.2 Å². The van der Waals surface area contributed by atoms with Gasteiger partial charge in [0.25, 0.3) is 5.91 Å². The number of ether oxygens (including phenoxy) is 1. The van der Waals surface area contributed by atoms with Crippen molar-refractivity contribution in [3.05, 3.63) is 71.6 Å². The molecule has 0 heterocycles. The lowest BCUT2D eigenvalue weighted by Gasteiger charge is -2.11. The predicted octanol–water partition coefficient (Wildman–Crippen LogP) is 2.42. The number of fused-ring (bicyclic) bond motifs is 1. The van der Waals surface area contributed by atoms with Crippen LogP contribution in [0.2, 0.25) is 0 Å². The fourth-order valence-corrected chi connectivity index (χ4v) is 2.28. The summed E-state index contributed by atoms with van der Waals surface area (Å²) in [4.78, 5) is 11.7. The van der Waals surface area contributed by atoms with E-state index in [4.69, 9.17) is 4.74 Å². The SMILES string of the molecule is O=C(COc1ccccc1F)NNC1=CCc2ccccc21. The van der Waals surface area contributed by atoms with Gasteiger partial charge in [-0.25, -0.2) is 4.39 Å². The van der Waals surface area contributed by atoms with Crippen molar-refractivity contribution in [2.75, 3.05) is 6.61 Å². The molecule has 112 valence electrons. The van der Waals surface area contributed by atoms with Crippen LogP contribution < -0.4 is 15.6 Å². The summed E-state index contributed by atoms with van der Waals surface area (Å²) in [7, 11) is 0. The lowest BCUT2D eigenvalue weighted by Crippen LogP contribution is -2.39. The number of carbonyl (C=O) groups is 1. The van der Waals surface area contributed by atoms with Gasteiger partial charge in [0.15, 0.2) is 18.2 Å². The maximum absolute atomic E-state index is 13.4. The normalized spacial score (nSPS) is 12.3. The minimum Gasteiger partial charge on any atom is -0.481 e. The minimum absolute atomic E-state index is 0.0584. The van der Waals surface area contributed by atoms with Crippen LogP contribution in [0.3, 0.4) is 0 Å². The number of nitrogens with one attached hydrogen (secondary N) is 2. The molecule has 0 unspecified atom stereocenters. The molecule has 0 aliphatic heterocycles. The zero-order chi connectivity index (χ0) is 15.4. The summed E-state index contributed by atoms with van der Waals surface area (Å²) in [6.45, 7) is -0.261. The summed E-state index contributed by atoms with van der Waals surface area (Å²) < 4.78 is 18.5. The predicted molar refractivity (Wildman–Crippen MR) is 81.3 cm³/mol. The second kappa shape index (κ2) is 6.30. The van der Waals surface area contributed by atoms with Crippen LogP contribution >= 0.6 is 0 Å². The molecule has 0 saturated carbocycles. The number of benzene rings is 2. The van der Waals surface area contributed by atoms with Crippen molar-refractivity contribution in [2.24, 2.45) is 0 Å². The molecule has 0 atom stereocenters. The van der Waals surface area contributed by atoms with Gasteiger partial charge >= 0.3 is 0 Å². The third kappa shape index (κ3) is 3.09. The highest BCUT2D eigenvalue weighted by Gasteiger charge is 2.13. The number of hydrogen-bond acceptors (Lipinski definition) is 3. The Labute approximate surface area is 127 Å². The molecule has 1 aliphatic rings. The Hall–Kier alpha value is -2.82. The molecular formula is C17H15FN2O2. The van der Waals surface area contributed by atoms with Crippen LogP contribution in [0.15, 0.2) is 54.6 Å². The lowest BCUT2D eigenvalue weighted by molar-refractivity contribution is -0.123. The van der Waals surface area contributed by atoms with Crippen molar-refractivity contribution in [1.29, 1.82) is 0 Å². The van der Waals surface area contributed by atoms with Crippen molar-refractivity contribution >= 4 is 11.6 Å². The molecule has 0 bridgehead atoms.